The molecule has 0 aromatic carbocycles. The Hall–Kier alpha value is -1.07. The topological polar surface area (TPSA) is 69.6 Å². The Labute approximate surface area is 92.7 Å². The van der Waals surface area contributed by atoms with Gasteiger partial charge in [0.2, 0.25) is 5.91 Å². The van der Waals surface area contributed by atoms with Gasteiger partial charge < -0.3 is 10.4 Å². The molecule has 0 saturated carbocycles. The van der Waals surface area contributed by atoms with Crippen LogP contribution in [0.4, 0.5) is 0 Å². The van der Waals surface area contributed by atoms with Crippen molar-refractivity contribution in [1.82, 2.24) is 10.2 Å². The summed E-state index contributed by atoms with van der Waals surface area (Å²) in [5.41, 5.74) is 2.23. The molecule has 1 rings (SSSR count). The van der Waals surface area contributed by atoms with Crippen LogP contribution in [-0.4, -0.2) is 47.6 Å². The molecule has 6 heteroatoms. The first-order chi connectivity index (χ1) is 7.04. The molecule has 0 spiro atoms. The van der Waals surface area contributed by atoms with E-state index in [2.05, 4.69) is 5.32 Å². The quantitative estimate of drug-likeness (QED) is 0.720. The van der Waals surface area contributed by atoms with Crippen molar-refractivity contribution in [2.24, 2.45) is 0 Å². The second-order valence-corrected chi connectivity index (χ2v) is 3.74. The van der Waals surface area contributed by atoms with Gasteiger partial charge >= 0.3 is 5.97 Å². The number of piperazine rings is 1. The van der Waals surface area contributed by atoms with Gasteiger partial charge in [0.05, 0.1) is 6.54 Å². The van der Waals surface area contributed by atoms with Crippen LogP contribution in [0.2, 0.25) is 0 Å². The number of halogens is 1. The van der Waals surface area contributed by atoms with Gasteiger partial charge in [0.1, 0.15) is 6.04 Å². The summed E-state index contributed by atoms with van der Waals surface area (Å²) >= 11 is 5.50. The zero-order valence-electron chi connectivity index (χ0n) is 8.36. The maximum absolute atomic E-state index is 11.1. The number of nitrogens with one attached hydrogen (secondary N) is 1. The molecule has 0 bridgehead atoms. The zero-order valence-corrected chi connectivity index (χ0v) is 9.12. The molecule has 1 aliphatic rings. The van der Waals surface area contributed by atoms with Gasteiger partial charge in [-0.15, -0.1) is 0 Å². The number of amides is 1. The largest absolute Gasteiger partial charge is 0.480 e. The van der Waals surface area contributed by atoms with Crippen LogP contribution >= 0.6 is 11.6 Å². The molecule has 84 valence electrons. The summed E-state index contributed by atoms with van der Waals surface area (Å²) in [6.07, 6.45) is 0. The van der Waals surface area contributed by atoms with E-state index in [1.807, 2.05) is 0 Å². The fourth-order valence-corrected chi connectivity index (χ4v) is 1.52. The molecule has 1 saturated heterocycles. The predicted molar refractivity (Wildman–Crippen MR) is 55.6 cm³/mol. The normalized spacial score (nSPS) is 23.7. The second-order valence-electron chi connectivity index (χ2n) is 3.52. The predicted octanol–water partition coefficient (Wildman–Crippen LogP) is 0.0140. The molecule has 1 atom stereocenters. The van der Waals surface area contributed by atoms with E-state index in [9.17, 15) is 9.59 Å². The molecule has 1 heterocycles. The summed E-state index contributed by atoms with van der Waals surface area (Å²) < 4.78 is 0. The number of carboxylic acid groups (broad SMARTS) is 1. The first-order valence-electron chi connectivity index (χ1n) is 4.54. The maximum Gasteiger partial charge on any atom is 0.322 e. The van der Waals surface area contributed by atoms with Gasteiger partial charge in [-0.25, -0.2) is 0 Å². The first-order valence-corrected chi connectivity index (χ1v) is 4.97. The van der Waals surface area contributed by atoms with Crippen LogP contribution in [0.3, 0.4) is 0 Å². The lowest BCUT2D eigenvalue weighted by Crippen LogP contribution is -2.57. The molecule has 0 radical (unpaired) electrons. The minimum atomic E-state index is -0.933. The Bertz CT molecular complexity index is 304. The third-order valence-corrected chi connectivity index (χ3v) is 2.58. The summed E-state index contributed by atoms with van der Waals surface area (Å²) in [5.74, 6) is -1.09. The molecule has 0 aromatic rings. The first kappa shape index (κ1) is 12.0. The maximum atomic E-state index is 11.1. The molecule has 0 aromatic heterocycles. The average Bonchev–Trinajstić information content (AvgIpc) is 2.17. The summed E-state index contributed by atoms with van der Waals surface area (Å²) in [4.78, 5) is 23.6. The van der Waals surface area contributed by atoms with Gasteiger partial charge in [0.15, 0.2) is 0 Å². The molecule has 1 aliphatic heterocycles. The lowest BCUT2D eigenvalue weighted by Gasteiger charge is -2.32. The van der Waals surface area contributed by atoms with Crippen molar-refractivity contribution in [2.45, 2.75) is 13.0 Å². The average molecular weight is 233 g/mol. The summed E-state index contributed by atoms with van der Waals surface area (Å²) in [5, 5.41) is 11.5. The molecule has 1 unspecified atom stereocenters. The summed E-state index contributed by atoms with van der Waals surface area (Å²) in [6, 6.07) is -0.672. The summed E-state index contributed by atoms with van der Waals surface area (Å²) in [7, 11) is 0. The Morgan fingerprint density at radius 1 is 1.80 bits per heavy atom. The number of aliphatic carboxylic acids is 1. The minimum absolute atomic E-state index is 0.0963. The summed E-state index contributed by atoms with van der Waals surface area (Å²) in [6.45, 7) is 2.43. The van der Waals surface area contributed by atoms with Gasteiger partial charge in [-0.1, -0.05) is 11.6 Å². The van der Waals surface area contributed by atoms with E-state index in [0.717, 1.165) is 5.57 Å². The van der Waals surface area contributed by atoms with Crippen molar-refractivity contribution in [2.75, 3.05) is 19.6 Å². The highest BCUT2D eigenvalue weighted by molar-refractivity contribution is 6.25. The van der Waals surface area contributed by atoms with E-state index in [-0.39, 0.29) is 19.0 Å². The number of hydrogen-bond donors (Lipinski definition) is 2. The number of rotatable bonds is 3. The van der Waals surface area contributed by atoms with Crippen LogP contribution in [0.1, 0.15) is 6.92 Å². The lowest BCUT2D eigenvalue weighted by molar-refractivity contribution is -0.145. The van der Waals surface area contributed by atoms with Gasteiger partial charge in [0, 0.05) is 18.6 Å². The zero-order chi connectivity index (χ0) is 11.4. The van der Waals surface area contributed by atoms with E-state index in [1.165, 1.54) is 5.54 Å². The minimum Gasteiger partial charge on any atom is -0.480 e. The van der Waals surface area contributed by atoms with E-state index < -0.39 is 12.0 Å². The van der Waals surface area contributed by atoms with E-state index in [4.69, 9.17) is 16.7 Å². The molecule has 0 aliphatic carbocycles. The van der Waals surface area contributed by atoms with Crippen LogP contribution in [-0.2, 0) is 9.59 Å². The molecule has 15 heavy (non-hydrogen) atoms. The molecule has 5 nitrogen and oxygen atoms in total. The van der Waals surface area contributed by atoms with Gasteiger partial charge in [-0.3, -0.25) is 14.5 Å². The Morgan fingerprint density at radius 3 is 3.00 bits per heavy atom. The van der Waals surface area contributed by atoms with Crippen LogP contribution in [0.15, 0.2) is 11.1 Å². The fourth-order valence-electron chi connectivity index (χ4n) is 1.45. The highest BCUT2D eigenvalue weighted by Crippen LogP contribution is 2.08. The standard InChI is InChI=1S/C9H13ClN2O3/c1-6(2-10)4-12-5-8(13)11-3-7(12)9(14)15/h2,7H,3-5H2,1H3,(H,11,13)(H,14,15)/b6-2-. The van der Waals surface area contributed by atoms with Crippen molar-refractivity contribution in [3.8, 4) is 0 Å². The van der Waals surface area contributed by atoms with E-state index >= 15 is 0 Å². The van der Waals surface area contributed by atoms with Crippen molar-refractivity contribution in [1.29, 1.82) is 0 Å². The van der Waals surface area contributed by atoms with Crippen LogP contribution in [0.25, 0.3) is 0 Å². The molecule has 1 amide bonds. The number of carbonyl (C=O) groups excluding carboxylic acids is 1. The van der Waals surface area contributed by atoms with Crippen LogP contribution in [0, 0.1) is 0 Å². The fraction of sp³-hybridized carbons (Fsp3) is 0.556. The van der Waals surface area contributed by atoms with Gasteiger partial charge in [0.25, 0.3) is 0 Å². The van der Waals surface area contributed by atoms with Crippen molar-refractivity contribution >= 4 is 23.5 Å². The lowest BCUT2D eigenvalue weighted by atomic mass is 10.1. The van der Waals surface area contributed by atoms with Crippen LogP contribution in [0.5, 0.6) is 0 Å². The number of hydrogen-bond acceptors (Lipinski definition) is 3. The molecule has 1 fully saturated rings. The highest BCUT2D eigenvalue weighted by Gasteiger charge is 2.31. The number of carbonyl (C=O) groups is 2. The van der Waals surface area contributed by atoms with Crippen molar-refractivity contribution in [3.05, 3.63) is 11.1 Å². The van der Waals surface area contributed by atoms with Crippen molar-refractivity contribution < 1.29 is 14.7 Å². The molecule has 2 N–H and O–H groups in total. The molecular formula is C9H13ClN2O3. The third kappa shape index (κ3) is 3.21. The Balaban J connectivity index is 2.70. The van der Waals surface area contributed by atoms with Gasteiger partial charge in [-0.05, 0) is 12.5 Å². The van der Waals surface area contributed by atoms with Crippen LogP contribution < -0.4 is 5.32 Å². The molecular weight excluding hydrogens is 220 g/mol. The van der Waals surface area contributed by atoms with Crippen molar-refractivity contribution in [3.63, 3.8) is 0 Å². The highest BCUT2D eigenvalue weighted by atomic mass is 35.5. The SMILES string of the molecule is C/C(=C/Cl)CN1CC(=O)NCC1C(=O)O. The Morgan fingerprint density at radius 2 is 2.47 bits per heavy atom. The third-order valence-electron chi connectivity index (χ3n) is 2.20. The van der Waals surface area contributed by atoms with E-state index in [0.29, 0.717) is 6.54 Å². The number of carboxylic acids is 1. The Kier molecular flexibility index (Phi) is 4.11. The van der Waals surface area contributed by atoms with Gasteiger partial charge in [-0.2, -0.15) is 0 Å². The monoisotopic (exact) mass is 232 g/mol. The smallest absolute Gasteiger partial charge is 0.322 e. The second kappa shape index (κ2) is 5.14. The van der Waals surface area contributed by atoms with E-state index in [1.54, 1.807) is 11.8 Å². The number of nitrogens with zero attached hydrogens (tertiary/aromatic N) is 1.